The van der Waals surface area contributed by atoms with Crippen LogP contribution in [0.15, 0.2) is 5.10 Å². The minimum Gasteiger partial charge on any atom is -0.260 e. The van der Waals surface area contributed by atoms with Crippen LogP contribution in [-0.4, -0.2) is 23.6 Å². The van der Waals surface area contributed by atoms with Crippen molar-refractivity contribution in [3.63, 3.8) is 0 Å². The molecule has 0 saturated heterocycles. The first kappa shape index (κ1) is 14.1. The Kier molecular flexibility index (Phi) is 4.98. The van der Waals surface area contributed by atoms with Gasteiger partial charge in [0.15, 0.2) is 0 Å². The van der Waals surface area contributed by atoms with Crippen LogP contribution in [0.4, 0.5) is 26.7 Å². The van der Waals surface area contributed by atoms with Crippen LogP contribution in [0.5, 0.6) is 0 Å². The second kappa shape index (κ2) is 5.29. The van der Waals surface area contributed by atoms with Gasteiger partial charge in [0.1, 0.15) is 0 Å². The van der Waals surface area contributed by atoms with E-state index in [0.29, 0.717) is 0 Å². The summed E-state index contributed by atoms with van der Waals surface area (Å²) < 4.78 is 59.2. The predicted octanol–water partition coefficient (Wildman–Crippen LogP) is 2.59. The van der Waals surface area contributed by atoms with Gasteiger partial charge in [0, 0.05) is 12.6 Å². The lowest BCUT2D eigenvalue weighted by Gasteiger charge is -2.18. The Labute approximate surface area is 87.1 Å². The number of hydrazone groups is 1. The Morgan fingerprint density at radius 3 is 2.27 bits per heavy atom. The first-order valence-corrected chi connectivity index (χ1v) is 4.06. The summed E-state index contributed by atoms with van der Waals surface area (Å²) in [5.41, 5.74) is 1.74. The van der Waals surface area contributed by atoms with Gasteiger partial charge in [0.05, 0.1) is 0 Å². The molecule has 0 aliphatic carbocycles. The molecule has 0 bridgehead atoms. The molecule has 3 nitrogen and oxygen atoms in total. The predicted molar refractivity (Wildman–Crippen MR) is 46.2 cm³/mol. The number of halogens is 5. The molecule has 0 rings (SSSR count). The molecule has 0 atom stereocenters. The second-order valence-electron chi connectivity index (χ2n) is 2.47. The highest BCUT2D eigenvalue weighted by atomic mass is 32.1. The topological polar surface area (TPSA) is 41.5 Å². The van der Waals surface area contributed by atoms with Crippen molar-refractivity contribution in [3.8, 4) is 0 Å². The van der Waals surface area contributed by atoms with Gasteiger partial charge in [-0.05, 0) is 6.42 Å². The van der Waals surface area contributed by atoms with Crippen LogP contribution < -0.4 is 5.43 Å². The molecule has 0 aromatic rings. The van der Waals surface area contributed by atoms with E-state index in [1.807, 2.05) is 0 Å². The van der Waals surface area contributed by atoms with Gasteiger partial charge in [0.25, 0.3) is 5.24 Å². The molecule has 15 heavy (non-hydrogen) atoms. The summed E-state index contributed by atoms with van der Waals surface area (Å²) in [6.45, 7) is 0. The summed E-state index contributed by atoms with van der Waals surface area (Å²) in [5.74, 6) is -4.75. The molecule has 0 saturated carbocycles. The van der Waals surface area contributed by atoms with E-state index in [1.54, 1.807) is 5.43 Å². The van der Waals surface area contributed by atoms with Crippen molar-refractivity contribution in [3.05, 3.63) is 0 Å². The molecule has 0 spiro atoms. The van der Waals surface area contributed by atoms with Crippen molar-refractivity contribution >= 4 is 24.1 Å². The summed E-state index contributed by atoms with van der Waals surface area (Å²) in [6, 6.07) is 0. The summed E-state index contributed by atoms with van der Waals surface area (Å²) in [6.07, 6.45) is -6.84. The molecule has 0 aromatic heterocycles. The number of amides is 1. The number of rotatable bonds is 4. The number of nitrogens with one attached hydrogen (secondary N) is 1. The molecular formula is C6H7F5N2OS. The Morgan fingerprint density at radius 1 is 1.33 bits per heavy atom. The average Bonchev–Trinajstić information content (AvgIpc) is 2.00. The SMILES string of the molecule is O=C(S)NN=CCCC(F)(F)C(F)(F)F. The third-order valence-corrected chi connectivity index (χ3v) is 1.35. The lowest BCUT2D eigenvalue weighted by molar-refractivity contribution is -0.283. The van der Waals surface area contributed by atoms with Crippen LogP contribution >= 0.6 is 12.6 Å². The quantitative estimate of drug-likeness (QED) is 0.342. The summed E-state index contributed by atoms with van der Waals surface area (Å²) in [5, 5.41) is 2.22. The molecule has 88 valence electrons. The summed E-state index contributed by atoms with van der Waals surface area (Å²) in [4.78, 5) is 10.1. The normalized spacial score (nSPS) is 13.2. The molecule has 0 radical (unpaired) electrons. The molecule has 0 aromatic carbocycles. The minimum atomic E-state index is -5.56. The largest absolute Gasteiger partial charge is 0.453 e. The van der Waals surface area contributed by atoms with Gasteiger partial charge in [-0.2, -0.15) is 27.1 Å². The first-order valence-electron chi connectivity index (χ1n) is 3.62. The van der Waals surface area contributed by atoms with E-state index in [4.69, 9.17) is 0 Å². The number of thiol groups is 1. The third-order valence-electron chi connectivity index (χ3n) is 1.25. The lowest BCUT2D eigenvalue weighted by Crippen LogP contribution is -2.36. The lowest BCUT2D eigenvalue weighted by atomic mass is 10.2. The molecule has 9 heteroatoms. The highest BCUT2D eigenvalue weighted by Crippen LogP contribution is 2.38. The van der Waals surface area contributed by atoms with Gasteiger partial charge in [-0.1, -0.05) is 12.6 Å². The first-order chi connectivity index (χ1) is 6.67. The molecule has 0 aliphatic heterocycles. The van der Waals surface area contributed by atoms with Gasteiger partial charge < -0.3 is 0 Å². The zero-order valence-electron chi connectivity index (χ0n) is 7.18. The van der Waals surface area contributed by atoms with Crippen LogP contribution in [0, 0.1) is 0 Å². The fraction of sp³-hybridized carbons (Fsp3) is 0.667. The number of hydrogen-bond acceptors (Lipinski definition) is 2. The number of carbonyl (C=O) groups excluding carboxylic acids is 1. The fourth-order valence-electron chi connectivity index (χ4n) is 0.553. The number of nitrogens with zero attached hydrogens (tertiary/aromatic N) is 1. The molecule has 1 N–H and O–H groups in total. The highest BCUT2D eigenvalue weighted by Gasteiger charge is 2.56. The highest BCUT2D eigenvalue weighted by molar-refractivity contribution is 7.96. The average molecular weight is 250 g/mol. The second-order valence-corrected chi connectivity index (χ2v) is 2.88. The van der Waals surface area contributed by atoms with Gasteiger partial charge in [-0.25, -0.2) is 5.43 Å². The number of alkyl halides is 5. The maximum Gasteiger partial charge on any atom is 0.453 e. The van der Waals surface area contributed by atoms with Crippen molar-refractivity contribution < 1.29 is 26.7 Å². The Morgan fingerprint density at radius 2 is 1.87 bits per heavy atom. The maximum absolute atomic E-state index is 12.2. The van der Waals surface area contributed by atoms with Crippen LogP contribution in [-0.2, 0) is 0 Å². The van der Waals surface area contributed by atoms with Gasteiger partial charge in [-0.3, -0.25) is 4.79 Å². The molecule has 0 fully saturated rings. The van der Waals surface area contributed by atoms with Crippen LogP contribution in [0.1, 0.15) is 12.8 Å². The molecule has 0 aliphatic rings. The van der Waals surface area contributed by atoms with E-state index >= 15 is 0 Å². The number of hydrogen-bond donors (Lipinski definition) is 2. The molecule has 0 unspecified atom stereocenters. The third kappa shape index (κ3) is 5.55. The monoisotopic (exact) mass is 250 g/mol. The summed E-state index contributed by atoms with van der Waals surface area (Å²) >= 11 is 3.21. The Hall–Kier alpha value is -0.860. The minimum absolute atomic E-state index is 0.611. The molecule has 1 amide bonds. The van der Waals surface area contributed by atoms with Crippen molar-refractivity contribution in [2.75, 3.05) is 0 Å². The van der Waals surface area contributed by atoms with Gasteiger partial charge in [0.2, 0.25) is 0 Å². The molecule has 0 heterocycles. The standard InChI is InChI=1S/C6H7F5N2OS/c7-5(8,6(9,10)11)2-1-3-12-13-4(14)15/h3H,1-2H2,(H2,13,14,15). The molecular weight excluding hydrogens is 243 g/mol. The zero-order chi connectivity index (χ0) is 12.1. The van der Waals surface area contributed by atoms with E-state index < -0.39 is 30.2 Å². The van der Waals surface area contributed by atoms with Crippen LogP contribution in [0.3, 0.4) is 0 Å². The van der Waals surface area contributed by atoms with E-state index in [2.05, 4.69) is 17.7 Å². The Balaban J connectivity index is 3.96. The van der Waals surface area contributed by atoms with Crippen molar-refractivity contribution in [2.45, 2.75) is 24.9 Å². The fourth-order valence-corrected chi connectivity index (χ4v) is 0.611. The van der Waals surface area contributed by atoms with E-state index in [9.17, 15) is 26.7 Å². The van der Waals surface area contributed by atoms with Crippen LogP contribution in [0.25, 0.3) is 0 Å². The Bertz CT molecular complexity index is 252. The van der Waals surface area contributed by atoms with Gasteiger partial charge in [-0.15, -0.1) is 0 Å². The van der Waals surface area contributed by atoms with Gasteiger partial charge >= 0.3 is 12.1 Å². The maximum atomic E-state index is 12.2. The number of carbonyl (C=O) groups is 1. The van der Waals surface area contributed by atoms with Crippen LogP contribution in [0.2, 0.25) is 0 Å². The van der Waals surface area contributed by atoms with E-state index in [-0.39, 0.29) is 0 Å². The smallest absolute Gasteiger partial charge is 0.260 e. The zero-order valence-corrected chi connectivity index (χ0v) is 8.08. The van der Waals surface area contributed by atoms with E-state index in [0.717, 1.165) is 6.21 Å². The van der Waals surface area contributed by atoms with Crippen molar-refractivity contribution in [1.82, 2.24) is 5.43 Å². The van der Waals surface area contributed by atoms with Crippen molar-refractivity contribution in [1.29, 1.82) is 0 Å². The van der Waals surface area contributed by atoms with E-state index in [1.165, 1.54) is 0 Å². The summed E-state index contributed by atoms with van der Waals surface area (Å²) in [7, 11) is 0. The van der Waals surface area contributed by atoms with Crippen molar-refractivity contribution in [2.24, 2.45) is 5.10 Å².